The van der Waals surface area contributed by atoms with Crippen LogP contribution in [0, 0.1) is 0 Å². The van der Waals surface area contributed by atoms with Gasteiger partial charge in [-0.2, -0.15) is 0 Å². The lowest BCUT2D eigenvalue weighted by molar-refractivity contribution is -0.116. The Morgan fingerprint density at radius 3 is 2.73 bits per heavy atom. The van der Waals surface area contributed by atoms with Gasteiger partial charge in [0.2, 0.25) is 5.91 Å². The quantitative estimate of drug-likeness (QED) is 0.397. The second kappa shape index (κ2) is 9.79. The van der Waals surface area contributed by atoms with E-state index in [4.69, 9.17) is 4.98 Å². The lowest BCUT2D eigenvalue weighted by atomic mass is 9.93. The molecule has 2 amide bonds. The molecule has 1 aromatic carbocycles. The molecule has 0 saturated carbocycles. The number of rotatable bonds is 7. The summed E-state index contributed by atoms with van der Waals surface area (Å²) in [6.07, 6.45) is 1.06. The molecule has 2 aromatic heterocycles. The van der Waals surface area contributed by atoms with Crippen molar-refractivity contribution < 1.29 is 14.7 Å². The highest BCUT2D eigenvalue weighted by Crippen LogP contribution is 2.49. The van der Waals surface area contributed by atoms with Crippen LogP contribution in [-0.2, 0) is 11.2 Å². The zero-order chi connectivity index (χ0) is 23.7. The molecule has 0 spiro atoms. The molecule has 0 fully saturated rings. The molecule has 9 heteroatoms. The summed E-state index contributed by atoms with van der Waals surface area (Å²) < 4.78 is 1.09. The molecular formula is C24H30N4O3S2. The molecule has 176 valence electrons. The smallest absolute Gasteiger partial charge is 0.408 e. The number of nitrogens with zero attached hydrogens (tertiary/aromatic N) is 2. The second-order valence-electron chi connectivity index (χ2n) is 8.62. The number of thiazole rings is 1. The van der Waals surface area contributed by atoms with Gasteiger partial charge in [0.15, 0.2) is 0 Å². The third-order valence-corrected chi connectivity index (χ3v) is 8.62. The van der Waals surface area contributed by atoms with Crippen molar-refractivity contribution in [1.82, 2.24) is 15.2 Å². The number of carbonyl (C=O) groups excluding carboxylic acids is 1. The van der Waals surface area contributed by atoms with E-state index in [0.29, 0.717) is 25.4 Å². The first kappa shape index (κ1) is 23.7. The van der Waals surface area contributed by atoms with Crippen LogP contribution in [0.2, 0.25) is 0 Å². The second-order valence-corrected chi connectivity index (χ2v) is 10.7. The maximum Gasteiger partial charge on any atom is 0.408 e. The van der Waals surface area contributed by atoms with Crippen LogP contribution in [0.4, 0.5) is 9.80 Å². The van der Waals surface area contributed by atoms with E-state index in [2.05, 4.69) is 24.5 Å². The maximum atomic E-state index is 12.8. The Balaban J connectivity index is 1.71. The third-order valence-electron chi connectivity index (χ3n) is 6.25. The van der Waals surface area contributed by atoms with Gasteiger partial charge in [0.05, 0.1) is 16.3 Å². The van der Waals surface area contributed by atoms with Crippen molar-refractivity contribution >= 4 is 49.9 Å². The number of benzene rings is 1. The van der Waals surface area contributed by atoms with Crippen LogP contribution in [-0.4, -0.2) is 45.6 Å². The van der Waals surface area contributed by atoms with Crippen molar-refractivity contribution in [2.75, 3.05) is 11.9 Å². The van der Waals surface area contributed by atoms with E-state index in [-0.39, 0.29) is 18.0 Å². The van der Waals surface area contributed by atoms with E-state index in [0.717, 1.165) is 42.7 Å². The Labute approximate surface area is 201 Å². The van der Waals surface area contributed by atoms with Gasteiger partial charge in [-0.15, -0.1) is 22.7 Å². The minimum absolute atomic E-state index is 0.0532. The molecule has 0 aliphatic carbocycles. The molecule has 3 atom stereocenters. The molecule has 1 aliphatic heterocycles. The molecule has 0 radical (unpaired) electrons. The normalized spacial score (nSPS) is 18.8. The number of carbonyl (C=O) groups is 2. The van der Waals surface area contributed by atoms with Crippen LogP contribution >= 0.6 is 22.7 Å². The standard InChI is InChI=1S/C24H30N4O3S2/c1-5-13(2)25-11-10-19(29)27-23-20(22-26-17-8-6-7-9-18(17)32-22)16-12-14(3)28(24(30)31)15(4)21(16)33-23/h6-9,13-15,25H,5,10-12H2,1-4H3,(H,27,29)(H,30,31)/t13-,14?,15?/m0/s1. The Morgan fingerprint density at radius 1 is 1.27 bits per heavy atom. The molecule has 2 unspecified atom stereocenters. The molecule has 3 aromatic rings. The molecule has 7 nitrogen and oxygen atoms in total. The largest absolute Gasteiger partial charge is 0.465 e. The number of amides is 2. The lowest BCUT2D eigenvalue weighted by Gasteiger charge is -2.36. The number of carboxylic acid groups (broad SMARTS) is 1. The molecule has 0 saturated heterocycles. The number of aromatic nitrogens is 1. The van der Waals surface area contributed by atoms with Gasteiger partial charge >= 0.3 is 6.09 Å². The Morgan fingerprint density at radius 2 is 2.03 bits per heavy atom. The van der Waals surface area contributed by atoms with Gasteiger partial charge < -0.3 is 15.7 Å². The van der Waals surface area contributed by atoms with E-state index < -0.39 is 6.09 Å². The zero-order valence-corrected chi connectivity index (χ0v) is 21.0. The van der Waals surface area contributed by atoms with Gasteiger partial charge in [-0.05, 0) is 51.3 Å². The van der Waals surface area contributed by atoms with Gasteiger partial charge in [-0.3, -0.25) is 9.69 Å². The molecule has 4 rings (SSSR count). The third kappa shape index (κ3) is 4.76. The van der Waals surface area contributed by atoms with Crippen molar-refractivity contribution in [3.8, 4) is 10.6 Å². The zero-order valence-electron chi connectivity index (χ0n) is 19.3. The molecule has 3 heterocycles. The number of hydrogen-bond acceptors (Lipinski definition) is 6. The Hall–Kier alpha value is -2.49. The number of hydrogen-bond donors (Lipinski definition) is 3. The highest BCUT2D eigenvalue weighted by molar-refractivity contribution is 7.23. The summed E-state index contributed by atoms with van der Waals surface area (Å²) in [5.41, 5.74) is 2.98. The highest BCUT2D eigenvalue weighted by atomic mass is 32.1. The average Bonchev–Trinajstić information content (AvgIpc) is 3.34. The monoisotopic (exact) mass is 486 g/mol. The summed E-state index contributed by atoms with van der Waals surface area (Å²) in [6.45, 7) is 8.69. The Kier molecular flexibility index (Phi) is 7.02. The van der Waals surface area contributed by atoms with E-state index in [1.807, 2.05) is 38.1 Å². The summed E-state index contributed by atoms with van der Waals surface area (Å²) in [5, 5.41) is 17.8. The van der Waals surface area contributed by atoms with Crippen molar-refractivity contribution in [3.63, 3.8) is 0 Å². The predicted octanol–water partition coefficient (Wildman–Crippen LogP) is 5.73. The molecule has 1 aliphatic rings. The van der Waals surface area contributed by atoms with Crippen LogP contribution in [0.5, 0.6) is 0 Å². The van der Waals surface area contributed by atoms with Gasteiger partial charge in [0.1, 0.15) is 10.0 Å². The van der Waals surface area contributed by atoms with Crippen molar-refractivity contribution in [2.45, 2.75) is 65.1 Å². The summed E-state index contributed by atoms with van der Waals surface area (Å²) in [4.78, 5) is 32.0. The number of anilines is 1. The first-order chi connectivity index (χ1) is 15.8. The van der Waals surface area contributed by atoms with Crippen molar-refractivity contribution in [1.29, 1.82) is 0 Å². The van der Waals surface area contributed by atoms with E-state index in [9.17, 15) is 14.7 Å². The predicted molar refractivity (Wildman–Crippen MR) is 135 cm³/mol. The van der Waals surface area contributed by atoms with Gasteiger partial charge in [0.25, 0.3) is 0 Å². The van der Waals surface area contributed by atoms with Gasteiger partial charge in [-0.25, -0.2) is 9.78 Å². The lowest BCUT2D eigenvalue weighted by Crippen LogP contribution is -2.43. The minimum atomic E-state index is -0.919. The maximum absolute atomic E-state index is 12.8. The fourth-order valence-corrected chi connectivity index (χ4v) is 6.75. The molecular weight excluding hydrogens is 456 g/mol. The average molecular weight is 487 g/mol. The highest BCUT2D eigenvalue weighted by Gasteiger charge is 2.37. The van der Waals surface area contributed by atoms with Crippen LogP contribution < -0.4 is 10.6 Å². The summed E-state index contributed by atoms with van der Waals surface area (Å²) >= 11 is 3.09. The Bertz CT molecular complexity index is 1140. The topological polar surface area (TPSA) is 94.6 Å². The fraction of sp³-hybridized carbons (Fsp3) is 0.458. The van der Waals surface area contributed by atoms with Crippen LogP contribution in [0.1, 0.15) is 57.0 Å². The van der Waals surface area contributed by atoms with Crippen LogP contribution in [0.25, 0.3) is 20.8 Å². The minimum Gasteiger partial charge on any atom is -0.465 e. The van der Waals surface area contributed by atoms with E-state index in [1.165, 1.54) is 16.2 Å². The van der Waals surface area contributed by atoms with E-state index in [1.54, 1.807) is 11.3 Å². The number of nitrogens with one attached hydrogen (secondary N) is 2. The molecule has 0 bridgehead atoms. The number of fused-ring (bicyclic) bond motifs is 2. The summed E-state index contributed by atoms with van der Waals surface area (Å²) in [5.74, 6) is -0.0532. The van der Waals surface area contributed by atoms with Crippen LogP contribution in [0.15, 0.2) is 24.3 Å². The first-order valence-corrected chi connectivity index (χ1v) is 13.0. The first-order valence-electron chi connectivity index (χ1n) is 11.4. The fourth-order valence-electron chi connectivity index (χ4n) is 4.34. The van der Waals surface area contributed by atoms with Gasteiger partial charge in [-0.1, -0.05) is 19.1 Å². The van der Waals surface area contributed by atoms with Gasteiger partial charge in [0, 0.05) is 35.5 Å². The van der Waals surface area contributed by atoms with Crippen molar-refractivity contribution in [3.05, 3.63) is 34.7 Å². The molecule has 3 N–H and O–H groups in total. The SMILES string of the molecule is CC[C@H](C)NCCC(=O)Nc1sc2c(c1-c1nc3ccccc3s1)CC(C)N(C(=O)O)C2C. The van der Waals surface area contributed by atoms with Crippen LogP contribution in [0.3, 0.4) is 0 Å². The molecule has 33 heavy (non-hydrogen) atoms. The summed E-state index contributed by atoms with van der Waals surface area (Å²) in [6, 6.07) is 7.93. The van der Waals surface area contributed by atoms with Crippen molar-refractivity contribution in [2.24, 2.45) is 0 Å². The van der Waals surface area contributed by atoms with E-state index >= 15 is 0 Å². The number of thiophene rings is 1. The summed E-state index contributed by atoms with van der Waals surface area (Å²) in [7, 11) is 0. The number of para-hydroxylation sites is 1.